The minimum absolute atomic E-state index is 0.0288. The van der Waals surface area contributed by atoms with Gasteiger partial charge in [-0.1, -0.05) is 48.5 Å². The molecule has 1 aliphatic carbocycles. The molecule has 1 spiro atoms. The Morgan fingerprint density at radius 2 is 1.71 bits per heavy atom. The van der Waals surface area contributed by atoms with E-state index in [9.17, 15) is 14.7 Å². The molecule has 5 rings (SSSR count). The molecule has 2 heterocycles. The topological polar surface area (TPSA) is 107 Å². The SMILES string of the molecule is O=C(C1CCC(O)CC1)N1CC[C@]2(C(=O)Nc3ccccc32)[C@@H]1CCc1ccccc1.O=CO. The van der Waals surface area contributed by atoms with Gasteiger partial charge in [0.05, 0.1) is 17.6 Å². The van der Waals surface area contributed by atoms with E-state index in [0.29, 0.717) is 25.8 Å². The van der Waals surface area contributed by atoms with Gasteiger partial charge in [0.25, 0.3) is 6.47 Å². The van der Waals surface area contributed by atoms with Crippen molar-refractivity contribution in [1.29, 1.82) is 0 Å². The van der Waals surface area contributed by atoms with E-state index in [0.717, 1.165) is 36.9 Å². The molecule has 7 heteroatoms. The zero-order valence-electron chi connectivity index (χ0n) is 19.2. The lowest BCUT2D eigenvalue weighted by atomic mass is 9.73. The lowest BCUT2D eigenvalue weighted by Gasteiger charge is -2.37. The van der Waals surface area contributed by atoms with Crippen LogP contribution in [-0.2, 0) is 26.2 Å². The Bertz CT molecular complexity index is 1020. The van der Waals surface area contributed by atoms with Crippen LogP contribution in [-0.4, -0.2) is 52.1 Å². The number of aliphatic hydroxyl groups is 1. The van der Waals surface area contributed by atoms with Crippen molar-refractivity contribution in [3.05, 3.63) is 65.7 Å². The average Bonchev–Trinajstić information content (AvgIpc) is 3.37. The Kier molecular flexibility index (Phi) is 7.32. The normalized spacial score (nSPS) is 27.5. The average molecular weight is 465 g/mol. The molecule has 0 bridgehead atoms. The van der Waals surface area contributed by atoms with Crippen LogP contribution in [0.15, 0.2) is 54.6 Å². The predicted octanol–water partition coefficient (Wildman–Crippen LogP) is 3.36. The number of para-hydroxylation sites is 1. The number of nitrogens with one attached hydrogen (secondary N) is 1. The fraction of sp³-hybridized carbons (Fsp3) is 0.444. The monoisotopic (exact) mass is 464 g/mol. The summed E-state index contributed by atoms with van der Waals surface area (Å²) in [7, 11) is 0. The van der Waals surface area contributed by atoms with Gasteiger partial charge in [-0.3, -0.25) is 14.4 Å². The molecule has 2 atom stereocenters. The van der Waals surface area contributed by atoms with Crippen LogP contribution in [0.25, 0.3) is 0 Å². The van der Waals surface area contributed by atoms with Gasteiger partial charge in [0, 0.05) is 18.2 Å². The lowest BCUT2D eigenvalue weighted by Crippen LogP contribution is -2.50. The molecule has 2 aromatic rings. The molecule has 1 saturated heterocycles. The van der Waals surface area contributed by atoms with E-state index in [4.69, 9.17) is 9.90 Å². The van der Waals surface area contributed by atoms with Gasteiger partial charge < -0.3 is 20.4 Å². The number of amides is 2. The summed E-state index contributed by atoms with van der Waals surface area (Å²) < 4.78 is 0. The van der Waals surface area contributed by atoms with E-state index in [-0.39, 0.29) is 36.4 Å². The minimum atomic E-state index is -0.671. The van der Waals surface area contributed by atoms with Gasteiger partial charge >= 0.3 is 0 Å². The Morgan fingerprint density at radius 3 is 2.41 bits per heavy atom. The molecule has 2 fully saturated rings. The van der Waals surface area contributed by atoms with E-state index >= 15 is 0 Å². The third-order valence-corrected chi connectivity index (χ3v) is 7.63. The quantitative estimate of drug-likeness (QED) is 0.602. The van der Waals surface area contributed by atoms with Crippen molar-refractivity contribution < 1.29 is 24.6 Å². The molecule has 180 valence electrons. The number of fused-ring (bicyclic) bond motifs is 2. The number of carboxylic acid groups (broad SMARTS) is 1. The van der Waals surface area contributed by atoms with Crippen LogP contribution >= 0.6 is 0 Å². The molecule has 0 aromatic heterocycles. The van der Waals surface area contributed by atoms with Gasteiger partial charge in [0.1, 0.15) is 0 Å². The number of carbonyl (C=O) groups is 3. The smallest absolute Gasteiger partial charge is 0.290 e. The fourth-order valence-corrected chi connectivity index (χ4v) is 5.97. The number of benzene rings is 2. The second-order valence-corrected chi connectivity index (χ2v) is 9.40. The van der Waals surface area contributed by atoms with Crippen molar-refractivity contribution in [2.75, 3.05) is 11.9 Å². The van der Waals surface area contributed by atoms with E-state index < -0.39 is 5.41 Å². The molecule has 2 aromatic carbocycles. The highest BCUT2D eigenvalue weighted by Crippen LogP contribution is 2.50. The number of aryl methyl sites for hydroxylation is 1. The summed E-state index contributed by atoms with van der Waals surface area (Å²) in [5, 5.41) is 19.9. The molecule has 3 aliphatic rings. The first-order chi connectivity index (χ1) is 16.5. The van der Waals surface area contributed by atoms with Crippen LogP contribution in [0.5, 0.6) is 0 Å². The molecule has 1 saturated carbocycles. The van der Waals surface area contributed by atoms with Gasteiger partial charge in [-0.05, 0) is 62.1 Å². The van der Waals surface area contributed by atoms with Crippen molar-refractivity contribution in [3.63, 3.8) is 0 Å². The Hall–Kier alpha value is -3.19. The fourth-order valence-electron chi connectivity index (χ4n) is 5.97. The number of anilines is 1. The predicted molar refractivity (Wildman–Crippen MR) is 128 cm³/mol. The van der Waals surface area contributed by atoms with Gasteiger partial charge in [-0.15, -0.1) is 0 Å². The molecular formula is C27H32N2O5. The van der Waals surface area contributed by atoms with Crippen molar-refractivity contribution >= 4 is 24.0 Å². The summed E-state index contributed by atoms with van der Waals surface area (Å²) >= 11 is 0. The first-order valence-corrected chi connectivity index (χ1v) is 12.0. The van der Waals surface area contributed by atoms with E-state index in [1.54, 1.807) is 0 Å². The van der Waals surface area contributed by atoms with Crippen molar-refractivity contribution in [3.8, 4) is 0 Å². The zero-order chi connectivity index (χ0) is 24.1. The molecule has 0 unspecified atom stereocenters. The second kappa shape index (κ2) is 10.4. The van der Waals surface area contributed by atoms with Gasteiger partial charge in [-0.2, -0.15) is 0 Å². The molecule has 2 aliphatic heterocycles. The van der Waals surface area contributed by atoms with E-state index in [2.05, 4.69) is 17.4 Å². The second-order valence-electron chi connectivity index (χ2n) is 9.40. The third-order valence-electron chi connectivity index (χ3n) is 7.63. The Balaban J connectivity index is 0.000000868. The summed E-state index contributed by atoms with van der Waals surface area (Å²) in [6.45, 7) is 0.360. The van der Waals surface area contributed by atoms with Crippen molar-refractivity contribution in [2.45, 2.75) is 62.5 Å². The number of hydrogen-bond acceptors (Lipinski definition) is 4. The maximum atomic E-state index is 13.6. The molecular weight excluding hydrogens is 432 g/mol. The summed E-state index contributed by atoms with van der Waals surface area (Å²) in [5.74, 6) is 0.151. The van der Waals surface area contributed by atoms with Crippen LogP contribution in [0, 0.1) is 5.92 Å². The molecule has 7 nitrogen and oxygen atoms in total. The molecule has 2 amide bonds. The number of hydrogen-bond donors (Lipinski definition) is 3. The maximum Gasteiger partial charge on any atom is 0.290 e. The van der Waals surface area contributed by atoms with Crippen LogP contribution in [0.4, 0.5) is 5.69 Å². The summed E-state index contributed by atoms with van der Waals surface area (Å²) in [4.78, 5) is 37.4. The maximum absolute atomic E-state index is 13.6. The summed E-state index contributed by atoms with van der Waals surface area (Å²) in [6, 6.07) is 18.1. The summed E-state index contributed by atoms with van der Waals surface area (Å²) in [5.41, 5.74) is 2.47. The molecule has 34 heavy (non-hydrogen) atoms. The van der Waals surface area contributed by atoms with Crippen LogP contribution in [0.2, 0.25) is 0 Å². The molecule has 0 radical (unpaired) electrons. The van der Waals surface area contributed by atoms with Crippen LogP contribution in [0.3, 0.4) is 0 Å². The minimum Gasteiger partial charge on any atom is -0.483 e. The highest BCUT2D eigenvalue weighted by atomic mass is 16.3. The highest BCUT2D eigenvalue weighted by molar-refractivity contribution is 6.07. The Morgan fingerprint density at radius 1 is 1.06 bits per heavy atom. The number of carbonyl (C=O) groups excluding carboxylic acids is 2. The largest absolute Gasteiger partial charge is 0.483 e. The lowest BCUT2D eigenvalue weighted by molar-refractivity contribution is -0.139. The number of aliphatic hydroxyl groups excluding tert-OH is 1. The number of nitrogens with zero attached hydrogens (tertiary/aromatic N) is 1. The number of rotatable bonds is 4. The summed E-state index contributed by atoms with van der Waals surface area (Å²) in [6.07, 6.45) is 4.81. The zero-order valence-corrected chi connectivity index (χ0v) is 19.2. The van der Waals surface area contributed by atoms with Gasteiger partial charge in [0.2, 0.25) is 11.8 Å². The highest BCUT2D eigenvalue weighted by Gasteiger charge is 2.58. The molecule has 3 N–H and O–H groups in total. The van der Waals surface area contributed by atoms with Crippen LogP contribution in [0.1, 0.15) is 49.7 Å². The first kappa shape index (κ1) is 24.0. The van der Waals surface area contributed by atoms with Crippen molar-refractivity contribution in [1.82, 2.24) is 4.90 Å². The van der Waals surface area contributed by atoms with E-state index in [1.165, 1.54) is 5.56 Å². The standard InChI is InChI=1S/C26H30N2O3.CH2O2/c29-20-13-11-19(12-14-20)24(30)28-17-16-26(21-8-4-5-9-22(21)27-25(26)31)23(28)15-10-18-6-2-1-3-7-18;2-1-3/h1-9,19-20,23,29H,10-17H2,(H,27,31);1H,(H,2,3)/t19?,20?,23-,26+;/m0./s1. The van der Waals surface area contributed by atoms with E-state index in [1.807, 2.05) is 47.4 Å². The van der Waals surface area contributed by atoms with Crippen LogP contribution < -0.4 is 5.32 Å². The van der Waals surface area contributed by atoms with Crippen molar-refractivity contribution in [2.24, 2.45) is 5.92 Å². The number of likely N-dealkylation sites (tertiary alicyclic amines) is 1. The third kappa shape index (κ3) is 4.44. The van der Waals surface area contributed by atoms with Gasteiger partial charge in [-0.25, -0.2) is 0 Å². The first-order valence-electron chi connectivity index (χ1n) is 12.0. The van der Waals surface area contributed by atoms with Gasteiger partial charge in [0.15, 0.2) is 0 Å². The Labute approximate surface area is 199 Å².